The summed E-state index contributed by atoms with van der Waals surface area (Å²) in [7, 11) is -3.64. The lowest BCUT2D eigenvalue weighted by atomic mass is 9.87. The van der Waals surface area contributed by atoms with E-state index in [1.165, 1.54) is 28.6 Å². The van der Waals surface area contributed by atoms with E-state index in [9.17, 15) is 26.4 Å². The fourth-order valence-electron chi connectivity index (χ4n) is 4.43. The molecule has 3 rings (SSSR count). The van der Waals surface area contributed by atoms with Crippen LogP contribution in [0.1, 0.15) is 63.1 Å². The summed E-state index contributed by atoms with van der Waals surface area (Å²) >= 11 is 0. The highest BCUT2D eigenvalue weighted by atomic mass is 32.2. The molecule has 0 spiro atoms. The number of carbonyl (C=O) groups excluding carboxylic acids is 1. The number of nitrogens with one attached hydrogen (secondary N) is 1. The van der Waals surface area contributed by atoms with Crippen LogP contribution in [0.3, 0.4) is 0 Å². The monoisotopic (exact) mass is 497 g/mol. The lowest BCUT2D eigenvalue weighted by molar-refractivity contribution is -0.141. The number of hydrogen-bond donors (Lipinski definition) is 1. The molecule has 0 saturated heterocycles. The summed E-state index contributed by atoms with van der Waals surface area (Å²) in [5, 5.41) is 2.53. The molecule has 34 heavy (non-hydrogen) atoms. The number of nitrogens with zero attached hydrogens (tertiary/aromatic N) is 2. The Kier molecular flexibility index (Phi) is 8.35. The molecule has 1 saturated carbocycles. The molecule has 10 heteroatoms. The molecule has 1 amide bonds. The van der Waals surface area contributed by atoms with Gasteiger partial charge in [0.1, 0.15) is 11.5 Å². The molecule has 0 aliphatic heterocycles. The number of benzene rings is 1. The summed E-state index contributed by atoms with van der Waals surface area (Å²) in [4.78, 5) is 16.9. The molecular weight excluding hydrogens is 467 g/mol. The molecule has 1 heterocycles. The smallest absolute Gasteiger partial charge is 0.310 e. The Balaban J connectivity index is 1.87. The molecule has 0 unspecified atom stereocenters. The topological polar surface area (TPSA) is 79.4 Å². The zero-order chi connectivity index (χ0) is 24.9. The first-order valence-electron chi connectivity index (χ1n) is 11.5. The van der Waals surface area contributed by atoms with E-state index in [2.05, 4.69) is 10.3 Å². The number of aromatic nitrogens is 1. The molecule has 1 aromatic heterocycles. The van der Waals surface area contributed by atoms with Gasteiger partial charge in [-0.15, -0.1) is 0 Å². The Labute approximate surface area is 198 Å². The number of sulfonamides is 1. The summed E-state index contributed by atoms with van der Waals surface area (Å²) in [5.41, 5.74) is -0.460. The Hall–Kier alpha value is -2.46. The second kappa shape index (κ2) is 10.9. The van der Waals surface area contributed by atoms with E-state index >= 15 is 0 Å². The van der Waals surface area contributed by atoms with E-state index in [1.807, 2.05) is 0 Å². The van der Waals surface area contributed by atoms with Gasteiger partial charge in [0.2, 0.25) is 15.9 Å². The molecule has 1 fully saturated rings. The zero-order valence-electron chi connectivity index (χ0n) is 19.3. The predicted octanol–water partition coefficient (Wildman–Crippen LogP) is 5.43. The van der Waals surface area contributed by atoms with Crippen molar-refractivity contribution < 1.29 is 26.4 Å². The molecule has 0 radical (unpaired) electrons. The molecule has 1 atom stereocenters. The molecule has 186 valence electrons. The lowest BCUT2D eigenvalue weighted by Gasteiger charge is -2.22. The number of hydrogen-bond acceptors (Lipinski definition) is 4. The summed E-state index contributed by atoms with van der Waals surface area (Å²) in [6, 6.07) is 9.58. The Morgan fingerprint density at radius 1 is 1.09 bits per heavy atom. The zero-order valence-corrected chi connectivity index (χ0v) is 20.1. The molecule has 2 aromatic rings. The van der Waals surface area contributed by atoms with Crippen LogP contribution in [0.5, 0.6) is 0 Å². The first kappa shape index (κ1) is 26.2. The van der Waals surface area contributed by atoms with Gasteiger partial charge in [-0.3, -0.25) is 4.79 Å². The van der Waals surface area contributed by atoms with Gasteiger partial charge in [-0.05, 0) is 42.2 Å². The van der Waals surface area contributed by atoms with E-state index in [1.54, 1.807) is 26.0 Å². The molecule has 1 aromatic carbocycles. The van der Waals surface area contributed by atoms with E-state index in [4.69, 9.17) is 0 Å². The van der Waals surface area contributed by atoms with Crippen LogP contribution in [-0.2, 0) is 21.0 Å². The van der Waals surface area contributed by atoms with Gasteiger partial charge in [0, 0.05) is 13.1 Å². The number of pyridine rings is 1. The first-order valence-corrected chi connectivity index (χ1v) is 13.0. The fourth-order valence-corrected chi connectivity index (χ4v) is 5.89. The van der Waals surface area contributed by atoms with Crippen LogP contribution in [0.2, 0.25) is 0 Å². The van der Waals surface area contributed by atoms with Crippen LogP contribution in [0.25, 0.3) is 0 Å². The normalized spacial score (nSPS) is 16.1. The van der Waals surface area contributed by atoms with Crippen LogP contribution in [-0.4, -0.2) is 36.7 Å². The van der Waals surface area contributed by atoms with Gasteiger partial charge in [0.15, 0.2) is 0 Å². The number of alkyl halides is 3. The molecule has 1 aliphatic carbocycles. The number of anilines is 1. The highest BCUT2D eigenvalue weighted by Gasteiger charge is 2.33. The highest BCUT2D eigenvalue weighted by molar-refractivity contribution is 7.89. The highest BCUT2D eigenvalue weighted by Crippen LogP contribution is 2.35. The number of carbonyl (C=O) groups is 1. The van der Waals surface area contributed by atoms with Crippen LogP contribution < -0.4 is 5.32 Å². The van der Waals surface area contributed by atoms with Gasteiger partial charge in [-0.1, -0.05) is 57.7 Å². The lowest BCUT2D eigenvalue weighted by Crippen LogP contribution is -2.30. The van der Waals surface area contributed by atoms with Crippen molar-refractivity contribution in [2.24, 2.45) is 5.92 Å². The summed E-state index contributed by atoms with van der Waals surface area (Å²) < 4.78 is 66.0. The maximum atomic E-state index is 13.2. The van der Waals surface area contributed by atoms with Crippen LogP contribution in [0, 0.1) is 5.92 Å². The summed E-state index contributed by atoms with van der Waals surface area (Å²) in [6.45, 7) is 4.22. The summed E-state index contributed by atoms with van der Waals surface area (Å²) in [6.07, 6.45) is 0.0492. The van der Waals surface area contributed by atoms with E-state index in [0.717, 1.165) is 31.7 Å². The van der Waals surface area contributed by atoms with Crippen molar-refractivity contribution in [3.63, 3.8) is 0 Å². The van der Waals surface area contributed by atoms with Crippen molar-refractivity contribution >= 4 is 21.7 Å². The minimum Gasteiger partial charge on any atom is -0.310 e. The average molecular weight is 498 g/mol. The van der Waals surface area contributed by atoms with Gasteiger partial charge < -0.3 is 5.32 Å². The number of rotatable bonds is 9. The largest absolute Gasteiger partial charge is 0.433 e. The van der Waals surface area contributed by atoms with Crippen LogP contribution >= 0.6 is 0 Å². The predicted molar refractivity (Wildman–Crippen MR) is 124 cm³/mol. The van der Waals surface area contributed by atoms with Crippen molar-refractivity contribution in [2.75, 3.05) is 18.4 Å². The van der Waals surface area contributed by atoms with Crippen molar-refractivity contribution in [3.8, 4) is 0 Å². The molecule has 1 aliphatic rings. The standard InChI is InChI=1S/C24H30F3N3O3S/c1-3-30(4-2)34(32,33)19-14-12-18(13-15-19)20(16-17-8-5-6-9-17)23(31)29-22-11-7-10-21(28-22)24(25,26)27/h7,10-15,17,20H,3-6,8-9,16H2,1-2H3,(H,28,29,31)/t20-/m1/s1. The Morgan fingerprint density at radius 3 is 2.26 bits per heavy atom. The van der Waals surface area contributed by atoms with E-state index in [-0.39, 0.29) is 10.7 Å². The second-order valence-electron chi connectivity index (χ2n) is 8.49. The van der Waals surface area contributed by atoms with Crippen molar-refractivity contribution in [2.45, 2.75) is 62.9 Å². The van der Waals surface area contributed by atoms with Gasteiger partial charge in [-0.2, -0.15) is 17.5 Å². The molecule has 1 N–H and O–H groups in total. The maximum Gasteiger partial charge on any atom is 0.433 e. The van der Waals surface area contributed by atoms with E-state index < -0.39 is 33.7 Å². The molecule has 6 nitrogen and oxygen atoms in total. The minimum absolute atomic E-state index is 0.138. The third-order valence-corrected chi connectivity index (χ3v) is 8.34. The Morgan fingerprint density at radius 2 is 1.71 bits per heavy atom. The minimum atomic E-state index is -4.61. The first-order chi connectivity index (χ1) is 16.1. The number of halogens is 3. The van der Waals surface area contributed by atoms with Crippen molar-refractivity contribution in [3.05, 3.63) is 53.7 Å². The quantitative estimate of drug-likeness (QED) is 0.501. The Bertz CT molecular complexity index is 1080. The van der Waals surface area contributed by atoms with Gasteiger partial charge in [0.25, 0.3) is 0 Å². The van der Waals surface area contributed by atoms with Gasteiger partial charge >= 0.3 is 6.18 Å². The third kappa shape index (κ3) is 6.15. The molecular formula is C24H30F3N3O3S. The molecule has 0 bridgehead atoms. The van der Waals surface area contributed by atoms with Gasteiger partial charge in [0.05, 0.1) is 10.8 Å². The van der Waals surface area contributed by atoms with Crippen LogP contribution in [0.4, 0.5) is 19.0 Å². The second-order valence-corrected chi connectivity index (χ2v) is 10.4. The number of amides is 1. The van der Waals surface area contributed by atoms with Gasteiger partial charge in [-0.25, -0.2) is 13.4 Å². The maximum absolute atomic E-state index is 13.2. The van der Waals surface area contributed by atoms with Crippen molar-refractivity contribution in [1.82, 2.24) is 9.29 Å². The third-order valence-electron chi connectivity index (χ3n) is 6.28. The average Bonchev–Trinajstić information content (AvgIpc) is 3.31. The van der Waals surface area contributed by atoms with Crippen LogP contribution in [0.15, 0.2) is 47.4 Å². The van der Waals surface area contributed by atoms with Crippen molar-refractivity contribution in [1.29, 1.82) is 0 Å². The van der Waals surface area contributed by atoms with E-state index in [0.29, 0.717) is 31.0 Å². The fraction of sp³-hybridized carbons (Fsp3) is 0.500. The summed E-state index contributed by atoms with van der Waals surface area (Å²) in [5.74, 6) is -0.941. The SMILES string of the molecule is CCN(CC)S(=O)(=O)c1ccc([C@@H](CC2CCCC2)C(=O)Nc2cccc(C(F)(F)F)n2)cc1.